The van der Waals surface area contributed by atoms with Gasteiger partial charge in [0.2, 0.25) is 0 Å². The zero-order valence-corrected chi connectivity index (χ0v) is 7.52. The summed E-state index contributed by atoms with van der Waals surface area (Å²) < 4.78 is 0. The molecule has 0 spiro atoms. The topological polar surface area (TPSA) is 49.8 Å². The second kappa shape index (κ2) is 3.57. The normalized spacial score (nSPS) is 9.50. The molecule has 0 saturated heterocycles. The number of nitriles is 1. The Morgan fingerprint density at radius 3 is 2.75 bits per heavy atom. The fourth-order valence-electron chi connectivity index (χ4n) is 1.06. The van der Waals surface area contributed by atoms with Gasteiger partial charge in [-0.05, 0) is 30.2 Å². The Hall–Kier alpha value is -1.04. The van der Waals surface area contributed by atoms with Gasteiger partial charge in [0.15, 0.2) is 0 Å². The van der Waals surface area contributed by atoms with Crippen molar-refractivity contribution in [1.82, 2.24) is 0 Å². The number of nitrogens with zero attached hydrogens (tertiary/aromatic N) is 1. The minimum atomic E-state index is 0.418. The summed E-state index contributed by atoms with van der Waals surface area (Å²) in [5.41, 5.74) is 7.93. The van der Waals surface area contributed by atoms with Gasteiger partial charge in [0.25, 0.3) is 0 Å². The second-order valence-electron chi connectivity index (χ2n) is 2.55. The molecule has 0 unspecified atom stereocenters. The van der Waals surface area contributed by atoms with Crippen LogP contribution in [0.1, 0.15) is 16.7 Å². The molecule has 0 fully saturated rings. The van der Waals surface area contributed by atoms with E-state index in [0.29, 0.717) is 17.1 Å². The van der Waals surface area contributed by atoms with E-state index in [1.807, 2.05) is 6.92 Å². The smallest absolute Gasteiger partial charge is 0.0995 e. The van der Waals surface area contributed by atoms with E-state index in [9.17, 15) is 0 Å². The third-order valence-corrected chi connectivity index (χ3v) is 2.04. The minimum absolute atomic E-state index is 0.418. The third kappa shape index (κ3) is 1.58. The Morgan fingerprint density at radius 1 is 1.58 bits per heavy atom. The van der Waals surface area contributed by atoms with Crippen LogP contribution in [0, 0.1) is 18.3 Å². The van der Waals surface area contributed by atoms with Crippen molar-refractivity contribution in [1.29, 1.82) is 5.26 Å². The summed E-state index contributed by atoms with van der Waals surface area (Å²) in [6.07, 6.45) is 0. The summed E-state index contributed by atoms with van der Waals surface area (Å²) in [5, 5.41) is 9.28. The van der Waals surface area contributed by atoms with Crippen molar-refractivity contribution in [3.8, 4) is 6.07 Å². The molecule has 0 aliphatic heterocycles. The highest BCUT2D eigenvalue weighted by molar-refractivity contribution is 6.30. The van der Waals surface area contributed by atoms with Crippen molar-refractivity contribution < 1.29 is 0 Å². The minimum Gasteiger partial charge on any atom is -0.326 e. The SMILES string of the molecule is Cc1c(C#N)cc(Cl)cc1CN. The quantitative estimate of drug-likeness (QED) is 0.719. The number of hydrogen-bond donors (Lipinski definition) is 1. The number of rotatable bonds is 1. The summed E-state index contributed by atoms with van der Waals surface area (Å²) in [6, 6.07) is 5.51. The van der Waals surface area contributed by atoms with Gasteiger partial charge in [-0.25, -0.2) is 0 Å². The van der Waals surface area contributed by atoms with E-state index in [2.05, 4.69) is 6.07 Å². The Kier molecular flexibility index (Phi) is 2.69. The van der Waals surface area contributed by atoms with E-state index in [0.717, 1.165) is 11.1 Å². The van der Waals surface area contributed by atoms with Crippen molar-refractivity contribution >= 4 is 11.6 Å². The molecule has 0 atom stereocenters. The summed E-state index contributed by atoms with van der Waals surface area (Å²) in [4.78, 5) is 0. The van der Waals surface area contributed by atoms with Crippen molar-refractivity contribution in [2.24, 2.45) is 5.73 Å². The lowest BCUT2D eigenvalue weighted by atomic mass is 10.0. The van der Waals surface area contributed by atoms with Crippen LogP contribution >= 0.6 is 11.6 Å². The first kappa shape index (κ1) is 9.05. The van der Waals surface area contributed by atoms with Gasteiger partial charge in [0, 0.05) is 11.6 Å². The molecule has 0 bridgehead atoms. The van der Waals surface area contributed by atoms with E-state index in [-0.39, 0.29) is 0 Å². The van der Waals surface area contributed by atoms with Gasteiger partial charge in [0.05, 0.1) is 11.6 Å². The molecular weight excluding hydrogens is 172 g/mol. The van der Waals surface area contributed by atoms with Crippen LogP contribution in [0.5, 0.6) is 0 Å². The van der Waals surface area contributed by atoms with E-state index < -0.39 is 0 Å². The Labute approximate surface area is 76.6 Å². The predicted molar refractivity (Wildman–Crippen MR) is 48.8 cm³/mol. The monoisotopic (exact) mass is 180 g/mol. The Morgan fingerprint density at radius 2 is 2.25 bits per heavy atom. The van der Waals surface area contributed by atoms with Crippen LogP contribution < -0.4 is 5.73 Å². The fourth-order valence-corrected chi connectivity index (χ4v) is 1.30. The van der Waals surface area contributed by atoms with E-state index in [1.54, 1.807) is 12.1 Å². The van der Waals surface area contributed by atoms with Crippen LogP contribution in [0.4, 0.5) is 0 Å². The zero-order valence-electron chi connectivity index (χ0n) is 6.76. The first-order valence-electron chi connectivity index (χ1n) is 3.58. The first-order chi connectivity index (χ1) is 5.69. The van der Waals surface area contributed by atoms with Crippen LogP contribution in [0.2, 0.25) is 5.02 Å². The summed E-state index contributed by atoms with van der Waals surface area (Å²) in [5.74, 6) is 0. The van der Waals surface area contributed by atoms with Gasteiger partial charge in [-0.1, -0.05) is 11.6 Å². The molecule has 3 heteroatoms. The maximum absolute atomic E-state index is 8.71. The van der Waals surface area contributed by atoms with Crippen LogP contribution in [-0.4, -0.2) is 0 Å². The largest absolute Gasteiger partial charge is 0.326 e. The lowest BCUT2D eigenvalue weighted by molar-refractivity contribution is 1.05. The molecule has 1 aromatic carbocycles. The molecule has 0 saturated carbocycles. The maximum atomic E-state index is 8.71. The summed E-state index contributed by atoms with van der Waals surface area (Å²) in [6.45, 7) is 2.29. The lowest BCUT2D eigenvalue weighted by Crippen LogP contribution is -2.00. The number of halogens is 1. The molecule has 0 aliphatic rings. The average Bonchev–Trinajstić information content (AvgIpc) is 2.08. The average molecular weight is 181 g/mol. The molecule has 0 amide bonds. The highest BCUT2D eigenvalue weighted by atomic mass is 35.5. The fraction of sp³-hybridized carbons (Fsp3) is 0.222. The lowest BCUT2D eigenvalue weighted by Gasteiger charge is -2.04. The third-order valence-electron chi connectivity index (χ3n) is 1.82. The van der Waals surface area contributed by atoms with Crippen LogP contribution in [0.15, 0.2) is 12.1 Å². The Bertz CT molecular complexity index is 339. The van der Waals surface area contributed by atoms with E-state index in [4.69, 9.17) is 22.6 Å². The molecule has 0 aromatic heterocycles. The number of benzene rings is 1. The van der Waals surface area contributed by atoms with Gasteiger partial charge in [0.1, 0.15) is 0 Å². The predicted octanol–water partition coefficient (Wildman–Crippen LogP) is 1.98. The van der Waals surface area contributed by atoms with Gasteiger partial charge < -0.3 is 5.73 Å². The van der Waals surface area contributed by atoms with Gasteiger partial charge in [-0.3, -0.25) is 0 Å². The molecule has 1 aromatic rings. The second-order valence-corrected chi connectivity index (χ2v) is 2.99. The van der Waals surface area contributed by atoms with Crippen LogP contribution in [0.3, 0.4) is 0 Å². The Balaban J connectivity index is 3.34. The molecule has 0 aliphatic carbocycles. The maximum Gasteiger partial charge on any atom is 0.0995 e. The molecule has 0 heterocycles. The van der Waals surface area contributed by atoms with Crippen LogP contribution in [-0.2, 0) is 6.54 Å². The van der Waals surface area contributed by atoms with Crippen molar-refractivity contribution in [2.45, 2.75) is 13.5 Å². The molecule has 62 valence electrons. The molecule has 2 N–H and O–H groups in total. The summed E-state index contributed by atoms with van der Waals surface area (Å²) >= 11 is 5.77. The molecule has 12 heavy (non-hydrogen) atoms. The zero-order chi connectivity index (χ0) is 9.14. The number of nitrogens with two attached hydrogens (primary N) is 1. The van der Waals surface area contributed by atoms with Gasteiger partial charge in [-0.15, -0.1) is 0 Å². The van der Waals surface area contributed by atoms with E-state index in [1.165, 1.54) is 0 Å². The first-order valence-corrected chi connectivity index (χ1v) is 3.96. The van der Waals surface area contributed by atoms with Gasteiger partial charge >= 0.3 is 0 Å². The van der Waals surface area contributed by atoms with Crippen LogP contribution in [0.25, 0.3) is 0 Å². The standard InChI is InChI=1S/C9H9ClN2/c1-6-7(4-11)2-9(10)3-8(6)5-12/h2-3H,4,11H2,1H3. The van der Waals surface area contributed by atoms with Crippen molar-refractivity contribution in [2.75, 3.05) is 0 Å². The molecule has 2 nitrogen and oxygen atoms in total. The van der Waals surface area contributed by atoms with Crippen molar-refractivity contribution in [3.05, 3.63) is 33.8 Å². The van der Waals surface area contributed by atoms with E-state index >= 15 is 0 Å². The molecule has 1 rings (SSSR count). The van der Waals surface area contributed by atoms with Crippen molar-refractivity contribution in [3.63, 3.8) is 0 Å². The molecular formula is C9H9ClN2. The number of hydrogen-bond acceptors (Lipinski definition) is 2. The highest BCUT2D eigenvalue weighted by Crippen LogP contribution is 2.19. The molecule has 0 radical (unpaired) electrons. The van der Waals surface area contributed by atoms with Gasteiger partial charge in [-0.2, -0.15) is 5.26 Å². The summed E-state index contributed by atoms with van der Waals surface area (Å²) in [7, 11) is 0. The highest BCUT2D eigenvalue weighted by Gasteiger charge is 2.03.